The molecule has 0 bridgehead atoms. The zero-order chi connectivity index (χ0) is 14.7. The minimum atomic E-state index is -0.0832. The number of aromatic amines is 1. The fourth-order valence-electron chi connectivity index (χ4n) is 2.92. The molecule has 1 N–H and O–H groups in total. The molecule has 0 unspecified atom stereocenters. The number of carbonyl (C=O) groups is 1. The molecule has 0 saturated carbocycles. The second-order valence-electron chi connectivity index (χ2n) is 5.65. The van der Waals surface area contributed by atoms with Crippen LogP contribution in [0.5, 0.6) is 0 Å². The molecule has 1 fully saturated rings. The van der Waals surface area contributed by atoms with Gasteiger partial charge >= 0.3 is 0 Å². The summed E-state index contributed by atoms with van der Waals surface area (Å²) in [6.45, 7) is 1.74. The highest BCUT2D eigenvalue weighted by Gasteiger charge is 2.16. The topological polar surface area (TPSA) is 53.2 Å². The summed E-state index contributed by atoms with van der Waals surface area (Å²) in [4.78, 5) is 29.0. The number of benzene rings is 1. The molecule has 2 aromatic rings. The van der Waals surface area contributed by atoms with E-state index in [-0.39, 0.29) is 11.5 Å². The lowest BCUT2D eigenvalue weighted by Gasteiger charge is -2.26. The van der Waals surface area contributed by atoms with E-state index in [1.807, 2.05) is 35.2 Å². The van der Waals surface area contributed by atoms with E-state index in [9.17, 15) is 9.59 Å². The van der Waals surface area contributed by atoms with Crippen LogP contribution in [-0.4, -0.2) is 28.9 Å². The average Bonchev–Trinajstić information content (AvgIpc) is 2.53. The van der Waals surface area contributed by atoms with E-state index in [0.29, 0.717) is 18.4 Å². The smallest absolute Gasteiger partial charge is 0.251 e. The number of carbonyl (C=O) groups excluding carboxylic acids is 1. The van der Waals surface area contributed by atoms with Crippen LogP contribution in [0.2, 0.25) is 0 Å². The molecule has 4 heteroatoms. The van der Waals surface area contributed by atoms with Gasteiger partial charge in [-0.05, 0) is 43.2 Å². The standard InChI is InChI=1S/C17H20N2O2/c20-16(19-10-4-1-5-11-19)9-8-14-12-13-6-2-3-7-15(13)18-17(14)21/h2-3,6-7,12H,1,4-5,8-11H2,(H,18,21). The Balaban J connectivity index is 1.71. The molecule has 21 heavy (non-hydrogen) atoms. The molecule has 3 rings (SSSR count). The van der Waals surface area contributed by atoms with Gasteiger partial charge in [0, 0.05) is 30.6 Å². The molecular weight excluding hydrogens is 264 g/mol. The predicted molar refractivity (Wildman–Crippen MR) is 83.3 cm³/mol. The summed E-state index contributed by atoms with van der Waals surface area (Å²) in [6, 6.07) is 9.61. The van der Waals surface area contributed by atoms with Crippen LogP contribution in [0.4, 0.5) is 0 Å². The maximum atomic E-state index is 12.2. The number of H-pyrrole nitrogens is 1. The summed E-state index contributed by atoms with van der Waals surface area (Å²) in [5.41, 5.74) is 1.45. The number of para-hydroxylation sites is 1. The van der Waals surface area contributed by atoms with Crippen LogP contribution in [0.1, 0.15) is 31.2 Å². The number of nitrogens with zero attached hydrogens (tertiary/aromatic N) is 1. The molecule has 1 saturated heterocycles. The van der Waals surface area contributed by atoms with Crippen molar-refractivity contribution in [2.75, 3.05) is 13.1 Å². The number of amides is 1. The van der Waals surface area contributed by atoms with Crippen LogP contribution >= 0.6 is 0 Å². The van der Waals surface area contributed by atoms with Gasteiger partial charge in [-0.2, -0.15) is 0 Å². The van der Waals surface area contributed by atoms with Crippen LogP contribution in [-0.2, 0) is 11.2 Å². The molecule has 0 radical (unpaired) electrons. The number of likely N-dealkylation sites (tertiary alicyclic amines) is 1. The summed E-state index contributed by atoms with van der Waals surface area (Å²) in [6.07, 6.45) is 4.34. The first-order valence-electron chi connectivity index (χ1n) is 7.63. The van der Waals surface area contributed by atoms with Crippen LogP contribution < -0.4 is 5.56 Å². The number of aromatic nitrogens is 1. The molecule has 4 nitrogen and oxygen atoms in total. The largest absolute Gasteiger partial charge is 0.343 e. The predicted octanol–water partition coefficient (Wildman–Crippen LogP) is 2.47. The van der Waals surface area contributed by atoms with Gasteiger partial charge in [0.15, 0.2) is 0 Å². The molecule has 1 aromatic carbocycles. The van der Waals surface area contributed by atoms with Crippen molar-refractivity contribution in [1.29, 1.82) is 0 Å². The number of nitrogens with one attached hydrogen (secondary N) is 1. The number of hydrogen-bond donors (Lipinski definition) is 1. The fourth-order valence-corrected chi connectivity index (χ4v) is 2.92. The number of pyridine rings is 1. The fraction of sp³-hybridized carbons (Fsp3) is 0.412. The molecule has 1 aliphatic rings. The quantitative estimate of drug-likeness (QED) is 0.941. The second-order valence-corrected chi connectivity index (χ2v) is 5.65. The molecule has 0 atom stereocenters. The van der Waals surface area contributed by atoms with Crippen LogP contribution in [0.15, 0.2) is 35.1 Å². The lowest BCUT2D eigenvalue weighted by molar-refractivity contribution is -0.132. The summed E-state index contributed by atoms with van der Waals surface area (Å²) < 4.78 is 0. The summed E-state index contributed by atoms with van der Waals surface area (Å²) in [7, 11) is 0. The third-order valence-electron chi connectivity index (χ3n) is 4.15. The zero-order valence-corrected chi connectivity index (χ0v) is 12.1. The van der Waals surface area contributed by atoms with Crippen molar-refractivity contribution in [3.05, 3.63) is 46.2 Å². The van der Waals surface area contributed by atoms with Gasteiger partial charge in [0.05, 0.1) is 0 Å². The van der Waals surface area contributed by atoms with Gasteiger partial charge in [0.1, 0.15) is 0 Å². The van der Waals surface area contributed by atoms with Gasteiger partial charge in [-0.25, -0.2) is 0 Å². The van der Waals surface area contributed by atoms with Crippen molar-refractivity contribution in [2.24, 2.45) is 0 Å². The Morgan fingerprint density at radius 2 is 1.90 bits per heavy atom. The van der Waals surface area contributed by atoms with Crippen molar-refractivity contribution in [3.8, 4) is 0 Å². The minimum Gasteiger partial charge on any atom is -0.343 e. The van der Waals surface area contributed by atoms with E-state index in [1.165, 1.54) is 6.42 Å². The molecule has 1 aromatic heterocycles. The van der Waals surface area contributed by atoms with Gasteiger partial charge in [0.2, 0.25) is 5.91 Å². The van der Waals surface area contributed by atoms with Crippen LogP contribution in [0, 0.1) is 0 Å². The van der Waals surface area contributed by atoms with E-state index in [4.69, 9.17) is 0 Å². The Bertz CT molecular complexity index is 699. The van der Waals surface area contributed by atoms with Crippen molar-refractivity contribution >= 4 is 16.8 Å². The Morgan fingerprint density at radius 1 is 1.14 bits per heavy atom. The van der Waals surface area contributed by atoms with Crippen molar-refractivity contribution in [3.63, 3.8) is 0 Å². The first-order chi connectivity index (χ1) is 10.2. The Kier molecular flexibility index (Phi) is 4.04. The van der Waals surface area contributed by atoms with Gasteiger partial charge in [0.25, 0.3) is 5.56 Å². The van der Waals surface area contributed by atoms with E-state index in [2.05, 4.69) is 4.98 Å². The lowest BCUT2D eigenvalue weighted by atomic mass is 10.1. The summed E-state index contributed by atoms with van der Waals surface area (Å²) in [5, 5.41) is 1.01. The van der Waals surface area contributed by atoms with E-state index < -0.39 is 0 Å². The molecule has 0 spiro atoms. The van der Waals surface area contributed by atoms with Gasteiger partial charge in [-0.1, -0.05) is 18.2 Å². The highest BCUT2D eigenvalue weighted by atomic mass is 16.2. The number of aryl methyl sites for hydroxylation is 1. The van der Waals surface area contributed by atoms with Gasteiger partial charge in [-0.3, -0.25) is 9.59 Å². The average molecular weight is 284 g/mol. The Labute approximate surface area is 123 Å². The van der Waals surface area contributed by atoms with Crippen molar-refractivity contribution in [1.82, 2.24) is 9.88 Å². The van der Waals surface area contributed by atoms with Crippen molar-refractivity contribution < 1.29 is 4.79 Å². The highest BCUT2D eigenvalue weighted by Crippen LogP contribution is 2.13. The number of hydrogen-bond acceptors (Lipinski definition) is 2. The number of piperidine rings is 1. The summed E-state index contributed by atoms with van der Waals surface area (Å²) in [5.74, 6) is 0.169. The number of fused-ring (bicyclic) bond motifs is 1. The maximum Gasteiger partial charge on any atom is 0.251 e. The van der Waals surface area contributed by atoms with Gasteiger partial charge in [-0.15, -0.1) is 0 Å². The first-order valence-corrected chi connectivity index (χ1v) is 7.63. The normalized spacial score (nSPS) is 15.3. The minimum absolute atomic E-state index is 0.0832. The Hall–Kier alpha value is -2.10. The summed E-state index contributed by atoms with van der Waals surface area (Å²) >= 11 is 0. The first kappa shape index (κ1) is 13.9. The molecular formula is C17H20N2O2. The van der Waals surface area contributed by atoms with E-state index in [1.54, 1.807) is 0 Å². The van der Waals surface area contributed by atoms with Crippen LogP contribution in [0.3, 0.4) is 0 Å². The van der Waals surface area contributed by atoms with E-state index >= 15 is 0 Å². The molecule has 0 aliphatic carbocycles. The Morgan fingerprint density at radius 3 is 2.71 bits per heavy atom. The van der Waals surface area contributed by atoms with Gasteiger partial charge < -0.3 is 9.88 Å². The molecule has 110 valence electrons. The molecule has 1 aliphatic heterocycles. The van der Waals surface area contributed by atoms with Crippen molar-refractivity contribution in [2.45, 2.75) is 32.1 Å². The second kappa shape index (κ2) is 6.12. The molecule has 1 amide bonds. The van der Waals surface area contributed by atoms with E-state index in [0.717, 1.165) is 36.8 Å². The third kappa shape index (κ3) is 3.15. The SMILES string of the molecule is O=C(CCc1cc2ccccc2[nH]c1=O)N1CCCCC1. The highest BCUT2D eigenvalue weighted by molar-refractivity contribution is 5.79. The molecule has 2 heterocycles. The van der Waals surface area contributed by atoms with Crippen LogP contribution in [0.25, 0.3) is 10.9 Å². The maximum absolute atomic E-state index is 12.2. The lowest BCUT2D eigenvalue weighted by Crippen LogP contribution is -2.35. The third-order valence-corrected chi connectivity index (χ3v) is 4.15. The zero-order valence-electron chi connectivity index (χ0n) is 12.1. The number of rotatable bonds is 3. The monoisotopic (exact) mass is 284 g/mol.